The van der Waals surface area contributed by atoms with Crippen LogP contribution in [-0.2, 0) is 41.6 Å². The number of anilines is 1. The first-order valence-electron chi connectivity index (χ1n) is 13.2. The number of benzene rings is 2. The number of carbonyl (C=O) groups excluding carboxylic acids is 2. The molecule has 41 heavy (non-hydrogen) atoms. The van der Waals surface area contributed by atoms with Gasteiger partial charge in [-0.1, -0.05) is 6.07 Å². The number of nitrogens with zero attached hydrogens (tertiary/aromatic N) is 3. The SMILES string of the molecule is COc1ccc(N(C)C(=O)[C@@H](CC(=O)Cn2nc(C(F)(F)F)c3c2CCC(C)(O)C3)Cc2cc(C)cc(F)c2)cc1. The van der Waals surface area contributed by atoms with E-state index in [1.165, 1.54) is 31.1 Å². The summed E-state index contributed by atoms with van der Waals surface area (Å²) < 4.78 is 61.7. The van der Waals surface area contributed by atoms with Gasteiger partial charge in [-0.2, -0.15) is 18.3 Å². The molecule has 1 aliphatic rings. The minimum Gasteiger partial charge on any atom is -0.497 e. The minimum atomic E-state index is -4.75. The monoisotopic (exact) mass is 575 g/mol. The van der Waals surface area contributed by atoms with Crippen LogP contribution >= 0.6 is 0 Å². The highest BCUT2D eigenvalue weighted by Gasteiger charge is 2.43. The first-order valence-corrected chi connectivity index (χ1v) is 13.2. The van der Waals surface area contributed by atoms with Gasteiger partial charge in [-0.25, -0.2) is 4.39 Å². The van der Waals surface area contributed by atoms with E-state index in [0.29, 0.717) is 22.6 Å². The van der Waals surface area contributed by atoms with Gasteiger partial charge in [-0.15, -0.1) is 0 Å². The number of carbonyl (C=O) groups is 2. The van der Waals surface area contributed by atoms with Gasteiger partial charge in [0.2, 0.25) is 5.91 Å². The summed E-state index contributed by atoms with van der Waals surface area (Å²) in [6, 6.07) is 11.1. The summed E-state index contributed by atoms with van der Waals surface area (Å²) in [6.07, 6.45) is -4.85. The van der Waals surface area contributed by atoms with Gasteiger partial charge in [0, 0.05) is 42.8 Å². The lowest BCUT2D eigenvalue weighted by Gasteiger charge is -2.29. The molecule has 3 aromatic rings. The molecule has 220 valence electrons. The maximum Gasteiger partial charge on any atom is 0.435 e. The van der Waals surface area contributed by atoms with Crippen molar-refractivity contribution in [1.29, 1.82) is 0 Å². The van der Waals surface area contributed by atoms with Crippen LogP contribution in [-0.4, -0.2) is 46.3 Å². The molecule has 7 nitrogen and oxygen atoms in total. The Kier molecular flexibility index (Phi) is 8.58. The minimum absolute atomic E-state index is 0.0531. The number of halogens is 4. The summed E-state index contributed by atoms with van der Waals surface area (Å²) in [7, 11) is 3.08. The number of alkyl halides is 3. The van der Waals surface area contributed by atoms with Gasteiger partial charge in [0.15, 0.2) is 11.5 Å². The molecule has 4 rings (SSSR count). The number of rotatable bonds is 9. The third kappa shape index (κ3) is 7.13. The van der Waals surface area contributed by atoms with Crippen LogP contribution in [0.3, 0.4) is 0 Å². The highest BCUT2D eigenvalue weighted by atomic mass is 19.4. The fourth-order valence-corrected chi connectivity index (χ4v) is 5.39. The van der Waals surface area contributed by atoms with Crippen LogP contribution < -0.4 is 9.64 Å². The van der Waals surface area contributed by atoms with E-state index in [4.69, 9.17) is 4.74 Å². The van der Waals surface area contributed by atoms with Gasteiger partial charge in [-0.3, -0.25) is 14.3 Å². The lowest BCUT2D eigenvalue weighted by Crippen LogP contribution is -2.36. The van der Waals surface area contributed by atoms with Crippen molar-refractivity contribution in [2.75, 3.05) is 19.1 Å². The Bertz CT molecular complexity index is 1410. The van der Waals surface area contributed by atoms with E-state index in [1.54, 1.807) is 44.3 Å². The van der Waals surface area contributed by atoms with E-state index in [1.807, 2.05) is 0 Å². The summed E-state index contributed by atoms with van der Waals surface area (Å²) >= 11 is 0. The molecule has 0 saturated carbocycles. The van der Waals surface area contributed by atoms with Gasteiger partial charge in [0.25, 0.3) is 0 Å². The number of methoxy groups -OCH3 is 1. The van der Waals surface area contributed by atoms with Crippen molar-refractivity contribution in [3.63, 3.8) is 0 Å². The Morgan fingerprint density at radius 3 is 2.49 bits per heavy atom. The molecule has 2 aromatic carbocycles. The van der Waals surface area contributed by atoms with E-state index >= 15 is 0 Å². The van der Waals surface area contributed by atoms with Gasteiger partial charge >= 0.3 is 6.18 Å². The largest absolute Gasteiger partial charge is 0.497 e. The highest BCUT2D eigenvalue weighted by Crippen LogP contribution is 2.38. The molecule has 0 saturated heterocycles. The van der Waals surface area contributed by atoms with Crippen LogP contribution in [0.4, 0.5) is 23.2 Å². The van der Waals surface area contributed by atoms with E-state index in [-0.39, 0.29) is 43.4 Å². The Morgan fingerprint density at radius 2 is 1.88 bits per heavy atom. The number of aryl methyl sites for hydroxylation is 1. The molecular formula is C30H33F4N3O4. The number of aliphatic hydroxyl groups is 1. The lowest BCUT2D eigenvalue weighted by molar-refractivity contribution is -0.142. The quantitative estimate of drug-likeness (QED) is 0.360. The molecule has 1 aliphatic carbocycles. The second kappa shape index (κ2) is 11.6. The van der Waals surface area contributed by atoms with Gasteiger partial charge in [-0.05, 0) is 80.6 Å². The van der Waals surface area contributed by atoms with Crippen LogP contribution in [0.1, 0.15) is 47.8 Å². The number of ketones is 1. The second-order valence-corrected chi connectivity index (χ2v) is 11.0. The number of fused-ring (bicyclic) bond motifs is 1. The highest BCUT2D eigenvalue weighted by molar-refractivity contribution is 5.97. The van der Waals surface area contributed by atoms with Crippen molar-refractivity contribution >= 4 is 17.4 Å². The molecule has 1 N–H and O–H groups in total. The Labute approximate surface area is 235 Å². The number of aromatic nitrogens is 2. The van der Waals surface area contributed by atoms with Crippen LogP contribution in [0.25, 0.3) is 0 Å². The molecule has 0 fully saturated rings. The molecule has 0 radical (unpaired) electrons. The molecule has 0 spiro atoms. The fraction of sp³-hybridized carbons (Fsp3) is 0.433. The summed E-state index contributed by atoms with van der Waals surface area (Å²) in [5, 5.41) is 14.1. The average Bonchev–Trinajstić information content (AvgIpc) is 3.23. The third-order valence-electron chi connectivity index (χ3n) is 7.42. The van der Waals surface area contributed by atoms with Crippen molar-refractivity contribution in [3.8, 4) is 5.75 Å². The van der Waals surface area contributed by atoms with Gasteiger partial charge in [0.05, 0.1) is 19.3 Å². The Morgan fingerprint density at radius 1 is 1.20 bits per heavy atom. The lowest BCUT2D eigenvalue weighted by atomic mass is 9.84. The normalized spacial score (nSPS) is 17.6. The summed E-state index contributed by atoms with van der Waals surface area (Å²) in [5.41, 5.74) is -0.541. The van der Waals surface area contributed by atoms with Gasteiger partial charge in [0.1, 0.15) is 11.6 Å². The molecule has 11 heteroatoms. The third-order valence-corrected chi connectivity index (χ3v) is 7.42. The predicted octanol–water partition coefficient (Wildman–Crippen LogP) is 5.08. The molecular weight excluding hydrogens is 542 g/mol. The molecule has 1 amide bonds. The van der Waals surface area contributed by atoms with Gasteiger partial charge < -0.3 is 14.7 Å². The molecule has 2 atom stereocenters. The van der Waals surface area contributed by atoms with E-state index < -0.39 is 47.4 Å². The zero-order valence-electron chi connectivity index (χ0n) is 23.4. The van der Waals surface area contributed by atoms with Crippen molar-refractivity contribution in [3.05, 3.63) is 76.4 Å². The molecule has 1 unspecified atom stereocenters. The summed E-state index contributed by atoms with van der Waals surface area (Å²) in [4.78, 5) is 28.4. The second-order valence-electron chi connectivity index (χ2n) is 11.0. The Balaban J connectivity index is 1.61. The number of hydrogen-bond acceptors (Lipinski definition) is 5. The van der Waals surface area contributed by atoms with Crippen molar-refractivity contribution in [2.24, 2.45) is 5.92 Å². The zero-order valence-corrected chi connectivity index (χ0v) is 23.4. The average molecular weight is 576 g/mol. The molecule has 1 aromatic heterocycles. The first kappa shape index (κ1) is 30.2. The number of hydrogen-bond donors (Lipinski definition) is 1. The van der Waals surface area contributed by atoms with Crippen LogP contribution in [0.5, 0.6) is 5.75 Å². The molecule has 0 bridgehead atoms. The number of ether oxygens (including phenoxy) is 1. The van der Waals surface area contributed by atoms with Crippen molar-refractivity contribution in [2.45, 2.75) is 64.3 Å². The summed E-state index contributed by atoms with van der Waals surface area (Å²) in [6.45, 7) is 2.73. The smallest absolute Gasteiger partial charge is 0.435 e. The molecule has 0 aliphatic heterocycles. The predicted molar refractivity (Wildman–Crippen MR) is 144 cm³/mol. The van der Waals surface area contributed by atoms with Crippen LogP contribution in [0.15, 0.2) is 42.5 Å². The van der Waals surface area contributed by atoms with Crippen LogP contribution in [0.2, 0.25) is 0 Å². The number of amides is 1. The maximum absolute atomic E-state index is 14.1. The van der Waals surface area contributed by atoms with E-state index in [9.17, 15) is 32.3 Å². The first-order chi connectivity index (χ1) is 19.2. The van der Waals surface area contributed by atoms with Crippen LogP contribution in [0, 0.1) is 18.7 Å². The van der Waals surface area contributed by atoms with E-state index in [0.717, 1.165) is 4.68 Å². The Hall–Kier alpha value is -3.73. The zero-order chi connectivity index (χ0) is 30.1. The maximum atomic E-state index is 14.1. The van der Waals surface area contributed by atoms with E-state index in [2.05, 4.69) is 5.10 Å². The molecule has 1 heterocycles. The van der Waals surface area contributed by atoms with Crippen molar-refractivity contribution < 1.29 is 37.0 Å². The topological polar surface area (TPSA) is 84.7 Å². The summed E-state index contributed by atoms with van der Waals surface area (Å²) in [5.74, 6) is -1.68. The standard InChI is InChI=1S/C30H33F4N3O4/c1-18-11-19(14-21(31)12-18)13-20(28(39)36(3)22-5-7-24(41-4)8-6-22)15-23(38)17-37-26-9-10-29(2,40)16-25(26)27(35-37)30(32,33)34/h5-8,11-12,14,20,40H,9-10,13,15-17H2,1-4H3/t20-,29?/m1/s1. The van der Waals surface area contributed by atoms with Crippen molar-refractivity contribution in [1.82, 2.24) is 9.78 Å². The fourth-order valence-electron chi connectivity index (χ4n) is 5.39. The number of Topliss-reactive ketones (excluding diaryl/α,β-unsaturated/α-hetero) is 1.